The molecule has 18 heavy (non-hydrogen) atoms. The molecule has 3 aromatic rings. The Morgan fingerprint density at radius 1 is 1.39 bits per heavy atom. The third-order valence-corrected chi connectivity index (χ3v) is 2.59. The molecule has 0 atom stereocenters. The number of benzene rings is 1. The lowest BCUT2D eigenvalue weighted by molar-refractivity contribution is 0.592. The van der Waals surface area contributed by atoms with Gasteiger partial charge in [0.2, 0.25) is 0 Å². The molecular weight excluding hydrogens is 230 g/mol. The van der Waals surface area contributed by atoms with Crippen molar-refractivity contribution in [3.05, 3.63) is 36.7 Å². The molecule has 0 saturated heterocycles. The van der Waals surface area contributed by atoms with E-state index in [0.29, 0.717) is 23.8 Å². The number of aromatic nitrogens is 3. The molecule has 2 aromatic heterocycles. The molecule has 92 valence electrons. The summed E-state index contributed by atoms with van der Waals surface area (Å²) in [5, 5.41) is 7.22. The van der Waals surface area contributed by atoms with Crippen molar-refractivity contribution in [2.45, 2.75) is 6.54 Å². The van der Waals surface area contributed by atoms with Gasteiger partial charge < -0.3 is 15.5 Å². The summed E-state index contributed by atoms with van der Waals surface area (Å²) in [5.41, 5.74) is 7.83. The second-order valence-electron chi connectivity index (χ2n) is 3.94. The van der Waals surface area contributed by atoms with Gasteiger partial charge in [0.15, 0.2) is 5.58 Å². The molecule has 0 fully saturated rings. The first-order valence-electron chi connectivity index (χ1n) is 5.69. The Morgan fingerprint density at radius 3 is 3.17 bits per heavy atom. The summed E-state index contributed by atoms with van der Waals surface area (Å²) in [6.07, 6.45) is 3.66. The molecule has 6 heteroatoms. The average molecular weight is 243 g/mol. The van der Waals surface area contributed by atoms with Crippen molar-refractivity contribution in [3.8, 4) is 0 Å². The van der Waals surface area contributed by atoms with Crippen molar-refractivity contribution in [3.63, 3.8) is 0 Å². The topological polar surface area (TPSA) is 81.9 Å². The minimum Gasteiger partial charge on any atom is -0.423 e. The first kappa shape index (κ1) is 10.6. The molecule has 0 spiro atoms. The average Bonchev–Trinajstić information content (AvgIpc) is 2.97. The molecule has 0 saturated carbocycles. The lowest BCUT2D eigenvalue weighted by Crippen LogP contribution is -2.10. The first-order chi connectivity index (χ1) is 8.81. The Morgan fingerprint density at radius 2 is 2.33 bits per heavy atom. The number of nitrogens with zero attached hydrogens (tertiary/aromatic N) is 3. The molecule has 0 unspecified atom stereocenters. The van der Waals surface area contributed by atoms with Crippen molar-refractivity contribution in [2.24, 2.45) is 0 Å². The van der Waals surface area contributed by atoms with Crippen LogP contribution in [0, 0.1) is 0 Å². The zero-order valence-electron chi connectivity index (χ0n) is 9.71. The fraction of sp³-hybridized carbons (Fsp3) is 0.167. The number of oxazole rings is 1. The third-order valence-electron chi connectivity index (χ3n) is 2.59. The van der Waals surface area contributed by atoms with Crippen LogP contribution in [0.4, 0.5) is 11.7 Å². The maximum absolute atomic E-state index is 5.68. The predicted octanol–water partition coefficient (Wildman–Crippen LogP) is 1.72. The molecule has 0 amide bonds. The highest BCUT2D eigenvalue weighted by Gasteiger charge is 2.04. The van der Waals surface area contributed by atoms with Gasteiger partial charge in [0, 0.05) is 30.7 Å². The summed E-state index contributed by atoms with van der Waals surface area (Å²) >= 11 is 0. The molecule has 3 rings (SSSR count). The van der Waals surface area contributed by atoms with Gasteiger partial charge in [0.1, 0.15) is 5.52 Å². The Balaban J connectivity index is 1.67. The van der Waals surface area contributed by atoms with E-state index in [1.54, 1.807) is 18.3 Å². The SMILES string of the molecule is Nc1ccc2nc(NCCn3cccn3)oc2c1. The molecule has 0 radical (unpaired) electrons. The second-order valence-corrected chi connectivity index (χ2v) is 3.94. The Labute approximate surface area is 103 Å². The molecule has 2 heterocycles. The first-order valence-corrected chi connectivity index (χ1v) is 5.69. The van der Waals surface area contributed by atoms with E-state index in [0.717, 1.165) is 12.1 Å². The summed E-state index contributed by atoms with van der Waals surface area (Å²) in [4.78, 5) is 4.31. The van der Waals surface area contributed by atoms with Crippen LogP contribution < -0.4 is 11.1 Å². The van der Waals surface area contributed by atoms with Gasteiger partial charge in [0.05, 0.1) is 6.54 Å². The van der Waals surface area contributed by atoms with Crippen LogP contribution >= 0.6 is 0 Å². The molecule has 6 nitrogen and oxygen atoms in total. The van der Waals surface area contributed by atoms with E-state index >= 15 is 0 Å². The predicted molar refractivity (Wildman–Crippen MR) is 69.1 cm³/mol. The van der Waals surface area contributed by atoms with Crippen LogP contribution in [-0.2, 0) is 6.54 Å². The highest BCUT2D eigenvalue weighted by molar-refractivity contribution is 5.77. The number of nitrogen functional groups attached to an aromatic ring is 1. The maximum atomic E-state index is 5.68. The molecule has 0 aliphatic rings. The number of nitrogens with two attached hydrogens (primary N) is 1. The summed E-state index contributed by atoms with van der Waals surface area (Å²) in [6.45, 7) is 1.46. The van der Waals surface area contributed by atoms with E-state index in [1.165, 1.54) is 0 Å². The summed E-state index contributed by atoms with van der Waals surface area (Å²) in [6, 6.07) is 7.80. The fourth-order valence-electron chi connectivity index (χ4n) is 1.73. The molecule has 3 N–H and O–H groups in total. The van der Waals surface area contributed by atoms with Gasteiger partial charge in [-0.25, -0.2) is 0 Å². The second kappa shape index (κ2) is 4.40. The van der Waals surface area contributed by atoms with Gasteiger partial charge in [-0.3, -0.25) is 4.68 Å². The lowest BCUT2D eigenvalue weighted by atomic mass is 10.3. The molecule has 0 aliphatic carbocycles. The Hall–Kier alpha value is -2.50. The van der Waals surface area contributed by atoms with Crippen LogP contribution in [0.5, 0.6) is 0 Å². The quantitative estimate of drug-likeness (QED) is 0.682. The van der Waals surface area contributed by atoms with Crippen molar-refractivity contribution >= 4 is 22.8 Å². The van der Waals surface area contributed by atoms with Crippen LogP contribution in [0.15, 0.2) is 41.1 Å². The number of hydrogen-bond acceptors (Lipinski definition) is 5. The van der Waals surface area contributed by atoms with Crippen molar-refractivity contribution in [2.75, 3.05) is 17.6 Å². The van der Waals surface area contributed by atoms with Crippen LogP contribution in [0.1, 0.15) is 0 Å². The van der Waals surface area contributed by atoms with Crippen LogP contribution in [0.3, 0.4) is 0 Å². The number of rotatable bonds is 4. The van der Waals surface area contributed by atoms with E-state index < -0.39 is 0 Å². The van der Waals surface area contributed by atoms with Gasteiger partial charge in [-0.05, 0) is 18.2 Å². The zero-order chi connectivity index (χ0) is 12.4. The van der Waals surface area contributed by atoms with E-state index in [-0.39, 0.29) is 0 Å². The highest BCUT2D eigenvalue weighted by atomic mass is 16.4. The largest absolute Gasteiger partial charge is 0.423 e. The standard InChI is InChI=1S/C12H13N5O/c13-9-2-3-10-11(8-9)18-12(16-10)14-5-7-17-6-1-4-15-17/h1-4,6,8H,5,7,13H2,(H,14,16). The fourth-order valence-corrected chi connectivity index (χ4v) is 1.73. The maximum Gasteiger partial charge on any atom is 0.295 e. The van der Waals surface area contributed by atoms with Gasteiger partial charge in [0.25, 0.3) is 6.01 Å². The Kier molecular flexibility index (Phi) is 2.60. The summed E-state index contributed by atoms with van der Waals surface area (Å²) in [7, 11) is 0. The van der Waals surface area contributed by atoms with Gasteiger partial charge in [-0.1, -0.05) is 0 Å². The van der Waals surface area contributed by atoms with E-state index in [4.69, 9.17) is 10.2 Å². The third kappa shape index (κ3) is 2.13. The van der Waals surface area contributed by atoms with Gasteiger partial charge in [-0.15, -0.1) is 0 Å². The van der Waals surface area contributed by atoms with E-state index in [2.05, 4.69) is 15.4 Å². The minimum atomic E-state index is 0.503. The summed E-state index contributed by atoms with van der Waals surface area (Å²) < 4.78 is 7.38. The van der Waals surface area contributed by atoms with Crippen LogP contribution in [-0.4, -0.2) is 21.3 Å². The number of hydrogen-bond donors (Lipinski definition) is 2. The highest BCUT2D eigenvalue weighted by Crippen LogP contribution is 2.20. The summed E-state index contributed by atoms with van der Waals surface area (Å²) in [5.74, 6) is 0. The van der Waals surface area contributed by atoms with E-state index in [9.17, 15) is 0 Å². The Bertz CT molecular complexity index is 644. The molecule has 1 aromatic carbocycles. The van der Waals surface area contributed by atoms with E-state index in [1.807, 2.05) is 23.0 Å². The van der Waals surface area contributed by atoms with Gasteiger partial charge >= 0.3 is 0 Å². The molecule has 0 aliphatic heterocycles. The van der Waals surface area contributed by atoms with Gasteiger partial charge in [-0.2, -0.15) is 10.1 Å². The van der Waals surface area contributed by atoms with Crippen molar-refractivity contribution in [1.82, 2.24) is 14.8 Å². The normalized spacial score (nSPS) is 10.9. The number of anilines is 2. The van der Waals surface area contributed by atoms with Crippen molar-refractivity contribution in [1.29, 1.82) is 0 Å². The monoisotopic (exact) mass is 243 g/mol. The molecular formula is C12H13N5O. The lowest BCUT2D eigenvalue weighted by Gasteiger charge is -2.01. The van der Waals surface area contributed by atoms with Crippen molar-refractivity contribution < 1.29 is 4.42 Å². The zero-order valence-corrected chi connectivity index (χ0v) is 9.71. The number of nitrogens with one attached hydrogen (secondary N) is 1. The van der Waals surface area contributed by atoms with Crippen LogP contribution in [0.2, 0.25) is 0 Å². The van der Waals surface area contributed by atoms with Crippen LogP contribution in [0.25, 0.3) is 11.1 Å². The number of fused-ring (bicyclic) bond motifs is 1. The minimum absolute atomic E-state index is 0.503. The molecule has 0 bridgehead atoms. The smallest absolute Gasteiger partial charge is 0.295 e.